The number of hydrogen-bond donors (Lipinski definition) is 2. The van der Waals surface area contributed by atoms with Crippen LogP contribution in [0.1, 0.15) is 30.9 Å². The number of nitro benzene ring substituents is 1. The van der Waals surface area contributed by atoms with E-state index >= 15 is 0 Å². The van der Waals surface area contributed by atoms with Crippen LogP contribution in [0.2, 0.25) is 0 Å². The number of guanidine groups is 1. The molecule has 2 N–H and O–H groups in total. The van der Waals surface area contributed by atoms with E-state index in [1.54, 1.807) is 23.5 Å². The first-order valence-corrected chi connectivity index (χ1v) is 8.82. The molecule has 1 atom stereocenters. The maximum Gasteiger partial charge on any atom is 0.269 e. The molecule has 0 aliphatic carbocycles. The minimum atomic E-state index is -0.398. The third-order valence-electron chi connectivity index (χ3n) is 3.60. The zero-order chi connectivity index (χ0) is 17.4. The maximum atomic E-state index is 10.7. The van der Waals surface area contributed by atoms with Crippen molar-refractivity contribution >= 4 is 47.0 Å². The molecule has 0 saturated heterocycles. The van der Waals surface area contributed by atoms with E-state index < -0.39 is 4.92 Å². The monoisotopic (exact) mass is 474 g/mol. The summed E-state index contributed by atoms with van der Waals surface area (Å²) in [5.41, 5.74) is 2.35. The highest BCUT2D eigenvalue weighted by Crippen LogP contribution is 2.17. The second-order valence-corrected chi connectivity index (χ2v) is 6.24. The van der Waals surface area contributed by atoms with E-state index in [0.29, 0.717) is 12.5 Å². The van der Waals surface area contributed by atoms with Gasteiger partial charge in [-0.2, -0.15) is 11.3 Å². The minimum Gasteiger partial charge on any atom is -0.357 e. The topological polar surface area (TPSA) is 79.6 Å². The number of rotatable bonds is 7. The van der Waals surface area contributed by atoms with Gasteiger partial charge < -0.3 is 10.6 Å². The van der Waals surface area contributed by atoms with Crippen molar-refractivity contribution in [3.8, 4) is 0 Å². The molecule has 0 fully saturated rings. The van der Waals surface area contributed by atoms with Gasteiger partial charge in [-0.15, -0.1) is 24.0 Å². The lowest BCUT2D eigenvalue weighted by Gasteiger charge is -2.15. The van der Waals surface area contributed by atoms with Gasteiger partial charge in [0.2, 0.25) is 0 Å². The Morgan fingerprint density at radius 3 is 2.56 bits per heavy atom. The largest absolute Gasteiger partial charge is 0.357 e. The summed E-state index contributed by atoms with van der Waals surface area (Å²) in [5, 5.41) is 21.5. The van der Waals surface area contributed by atoms with Crippen molar-refractivity contribution in [3.63, 3.8) is 0 Å². The molecule has 0 radical (unpaired) electrons. The molecule has 1 aromatic carbocycles. The molecule has 25 heavy (non-hydrogen) atoms. The van der Waals surface area contributed by atoms with Crippen LogP contribution in [0.3, 0.4) is 0 Å². The molecule has 1 unspecified atom stereocenters. The molecule has 0 bridgehead atoms. The first-order valence-electron chi connectivity index (χ1n) is 7.87. The van der Waals surface area contributed by atoms with E-state index in [2.05, 4.69) is 39.4 Å². The summed E-state index contributed by atoms with van der Waals surface area (Å²) in [4.78, 5) is 14.8. The molecule has 0 spiro atoms. The van der Waals surface area contributed by atoms with Gasteiger partial charge in [0.05, 0.1) is 11.5 Å². The van der Waals surface area contributed by atoms with E-state index in [1.807, 2.05) is 6.92 Å². The molecule has 1 aromatic heterocycles. The molecular formula is C17H23IN4O2S. The van der Waals surface area contributed by atoms with Crippen LogP contribution in [0.5, 0.6) is 0 Å². The molecule has 136 valence electrons. The minimum absolute atomic E-state index is 0. The van der Waals surface area contributed by atoms with E-state index in [0.717, 1.165) is 24.6 Å². The zero-order valence-electron chi connectivity index (χ0n) is 14.3. The summed E-state index contributed by atoms with van der Waals surface area (Å²) in [6.07, 6.45) is 0. The third kappa shape index (κ3) is 6.99. The number of nitro groups is 1. The SMILES string of the molecule is CCNC(=NCc1ccc([N+](=O)[O-])cc1)NCC(C)c1ccsc1.I. The molecule has 2 rings (SSSR count). The highest BCUT2D eigenvalue weighted by molar-refractivity contribution is 14.0. The Labute approximate surface area is 168 Å². The molecule has 0 aliphatic heterocycles. The molecule has 0 aliphatic rings. The van der Waals surface area contributed by atoms with Crippen LogP contribution >= 0.6 is 35.3 Å². The zero-order valence-corrected chi connectivity index (χ0v) is 17.4. The van der Waals surface area contributed by atoms with E-state index in [9.17, 15) is 10.1 Å². The van der Waals surface area contributed by atoms with Crippen LogP contribution < -0.4 is 10.6 Å². The number of halogens is 1. The van der Waals surface area contributed by atoms with Crippen molar-refractivity contribution in [3.05, 3.63) is 62.3 Å². The summed E-state index contributed by atoms with van der Waals surface area (Å²) in [6, 6.07) is 8.62. The highest BCUT2D eigenvalue weighted by atomic mass is 127. The van der Waals surface area contributed by atoms with E-state index in [-0.39, 0.29) is 29.7 Å². The van der Waals surface area contributed by atoms with Gasteiger partial charge in [-0.25, -0.2) is 4.99 Å². The van der Waals surface area contributed by atoms with Crippen molar-refractivity contribution in [2.45, 2.75) is 26.3 Å². The lowest BCUT2D eigenvalue weighted by Crippen LogP contribution is -2.39. The molecule has 1 heterocycles. The number of aliphatic imine (C=N–C) groups is 1. The molecule has 8 heteroatoms. The normalized spacial score (nSPS) is 12.2. The summed E-state index contributed by atoms with van der Waals surface area (Å²) < 4.78 is 0. The van der Waals surface area contributed by atoms with Gasteiger partial charge in [-0.3, -0.25) is 10.1 Å². The van der Waals surface area contributed by atoms with Crippen LogP contribution in [-0.2, 0) is 6.54 Å². The Balaban J connectivity index is 0.00000312. The third-order valence-corrected chi connectivity index (χ3v) is 4.30. The number of non-ortho nitro benzene ring substituents is 1. The van der Waals surface area contributed by atoms with Crippen molar-refractivity contribution in [1.29, 1.82) is 0 Å². The van der Waals surface area contributed by atoms with Gasteiger partial charge in [-0.05, 0) is 40.8 Å². The summed E-state index contributed by atoms with van der Waals surface area (Å²) in [5.74, 6) is 1.15. The van der Waals surface area contributed by atoms with Crippen molar-refractivity contribution in [1.82, 2.24) is 10.6 Å². The smallest absolute Gasteiger partial charge is 0.269 e. The van der Waals surface area contributed by atoms with Crippen LogP contribution in [0, 0.1) is 10.1 Å². The highest BCUT2D eigenvalue weighted by Gasteiger charge is 2.07. The molecule has 0 amide bonds. The number of benzene rings is 1. The van der Waals surface area contributed by atoms with Gasteiger partial charge in [0.15, 0.2) is 5.96 Å². The van der Waals surface area contributed by atoms with Crippen molar-refractivity contribution < 1.29 is 4.92 Å². The fraction of sp³-hybridized carbons (Fsp3) is 0.353. The first kappa shape index (κ1) is 21.4. The Kier molecular flexibility index (Phi) is 9.43. The number of thiophene rings is 1. The average molecular weight is 474 g/mol. The fourth-order valence-electron chi connectivity index (χ4n) is 2.16. The van der Waals surface area contributed by atoms with Crippen molar-refractivity contribution in [2.75, 3.05) is 13.1 Å². The van der Waals surface area contributed by atoms with Crippen LogP contribution in [-0.4, -0.2) is 24.0 Å². The standard InChI is InChI=1S/C17H22N4O2S.HI/c1-3-18-17(19-10-13(2)15-8-9-24-12-15)20-11-14-4-6-16(7-5-14)21(22)23;/h4-9,12-13H,3,10-11H2,1-2H3,(H2,18,19,20);1H. The molecule has 0 saturated carbocycles. The first-order chi connectivity index (χ1) is 11.6. The lowest BCUT2D eigenvalue weighted by atomic mass is 10.1. The second kappa shape index (κ2) is 11.0. The Morgan fingerprint density at radius 2 is 2.00 bits per heavy atom. The fourth-order valence-corrected chi connectivity index (χ4v) is 2.94. The van der Waals surface area contributed by atoms with E-state index in [4.69, 9.17) is 0 Å². The predicted molar refractivity (Wildman–Crippen MR) is 114 cm³/mol. The van der Waals surface area contributed by atoms with Crippen LogP contribution in [0.4, 0.5) is 5.69 Å². The number of nitrogens with one attached hydrogen (secondary N) is 2. The Hall–Kier alpha value is -1.68. The Bertz CT molecular complexity index is 674. The van der Waals surface area contributed by atoms with Gasteiger partial charge in [0.25, 0.3) is 5.69 Å². The van der Waals surface area contributed by atoms with Gasteiger partial charge in [-0.1, -0.05) is 19.1 Å². The maximum absolute atomic E-state index is 10.7. The van der Waals surface area contributed by atoms with Crippen LogP contribution in [0.25, 0.3) is 0 Å². The van der Waals surface area contributed by atoms with Crippen LogP contribution in [0.15, 0.2) is 46.1 Å². The lowest BCUT2D eigenvalue weighted by molar-refractivity contribution is -0.384. The summed E-state index contributed by atoms with van der Waals surface area (Å²) in [6.45, 7) is 6.24. The molecule has 2 aromatic rings. The average Bonchev–Trinajstić information content (AvgIpc) is 3.12. The molecular weight excluding hydrogens is 451 g/mol. The quantitative estimate of drug-likeness (QED) is 0.208. The Morgan fingerprint density at radius 1 is 1.28 bits per heavy atom. The van der Waals surface area contributed by atoms with Gasteiger partial charge >= 0.3 is 0 Å². The van der Waals surface area contributed by atoms with Crippen molar-refractivity contribution in [2.24, 2.45) is 4.99 Å². The van der Waals surface area contributed by atoms with E-state index in [1.165, 1.54) is 17.7 Å². The predicted octanol–water partition coefficient (Wildman–Crippen LogP) is 4.13. The van der Waals surface area contributed by atoms with Gasteiger partial charge in [0, 0.05) is 25.2 Å². The number of hydrogen-bond acceptors (Lipinski definition) is 4. The summed E-state index contributed by atoms with van der Waals surface area (Å²) >= 11 is 1.70. The van der Waals surface area contributed by atoms with Gasteiger partial charge in [0.1, 0.15) is 0 Å². The number of nitrogens with zero attached hydrogens (tertiary/aromatic N) is 2. The molecule has 6 nitrogen and oxygen atoms in total. The summed E-state index contributed by atoms with van der Waals surface area (Å²) in [7, 11) is 0. The second-order valence-electron chi connectivity index (χ2n) is 5.46.